The van der Waals surface area contributed by atoms with Crippen molar-refractivity contribution in [3.63, 3.8) is 0 Å². The van der Waals surface area contributed by atoms with Crippen molar-refractivity contribution in [2.75, 3.05) is 18.2 Å². The van der Waals surface area contributed by atoms with Gasteiger partial charge in [0, 0.05) is 5.69 Å². The molecular formula is C16H18N2O2. The van der Waals surface area contributed by atoms with Crippen LogP contribution >= 0.6 is 0 Å². The number of nitrogens with one attached hydrogen (secondary N) is 1. The maximum atomic E-state index is 11.6. The monoisotopic (exact) mass is 270 g/mol. The van der Waals surface area contributed by atoms with Crippen LogP contribution in [0.3, 0.4) is 0 Å². The normalized spacial score (nSPS) is 10.2. The van der Waals surface area contributed by atoms with E-state index in [1.165, 1.54) is 7.11 Å². The Balaban J connectivity index is 2.39. The Morgan fingerprint density at radius 2 is 1.90 bits per heavy atom. The van der Waals surface area contributed by atoms with Crippen molar-refractivity contribution in [2.45, 2.75) is 13.8 Å². The number of carbonyl (C=O) groups is 1. The first kappa shape index (κ1) is 13.9. The number of ether oxygens (including phenoxy) is 1. The second-order valence-corrected chi connectivity index (χ2v) is 4.70. The van der Waals surface area contributed by atoms with E-state index in [1.807, 2.05) is 32.0 Å². The molecule has 0 aliphatic heterocycles. The molecule has 2 aromatic carbocycles. The summed E-state index contributed by atoms with van der Waals surface area (Å²) in [5.74, 6) is -0.438. The fourth-order valence-electron chi connectivity index (χ4n) is 1.98. The van der Waals surface area contributed by atoms with Crippen LogP contribution in [0, 0.1) is 13.8 Å². The van der Waals surface area contributed by atoms with Crippen molar-refractivity contribution in [1.82, 2.24) is 0 Å². The number of carbonyl (C=O) groups excluding carboxylic acids is 1. The molecule has 0 unspecified atom stereocenters. The number of nitrogen functional groups attached to an aromatic ring is 1. The summed E-state index contributed by atoms with van der Waals surface area (Å²) in [5.41, 5.74) is 10.7. The average Bonchev–Trinajstić information content (AvgIpc) is 2.44. The van der Waals surface area contributed by atoms with Gasteiger partial charge < -0.3 is 15.8 Å². The second kappa shape index (κ2) is 5.65. The van der Waals surface area contributed by atoms with E-state index in [-0.39, 0.29) is 0 Å². The molecule has 0 aliphatic carbocycles. The highest BCUT2D eigenvalue weighted by Crippen LogP contribution is 2.28. The molecule has 0 atom stereocenters. The Kier molecular flexibility index (Phi) is 3.94. The minimum atomic E-state index is -0.438. The maximum absolute atomic E-state index is 11.6. The largest absolute Gasteiger partial charge is 0.465 e. The molecule has 0 saturated carbocycles. The van der Waals surface area contributed by atoms with Crippen molar-refractivity contribution >= 4 is 23.0 Å². The first-order valence-electron chi connectivity index (χ1n) is 6.34. The number of rotatable bonds is 3. The van der Waals surface area contributed by atoms with Crippen LogP contribution in [0.25, 0.3) is 0 Å². The van der Waals surface area contributed by atoms with Gasteiger partial charge in [-0.25, -0.2) is 4.79 Å². The van der Waals surface area contributed by atoms with Crippen molar-refractivity contribution in [2.24, 2.45) is 0 Å². The van der Waals surface area contributed by atoms with Crippen LogP contribution in [-0.2, 0) is 4.74 Å². The highest BCUT2D eigenvalue weighted by Gasteiger charge is 2.13. The molecule has 0 spiro atoms. The van der Waals surface area contributed by atoms with Gasteiger partial charge in [-0.1, -0.05) is 18.2 Å². The van der Waals surface area contributed by atoms with Crippen LogP contribution in [0.5, 0.6) is 0 Å². The number of anilines is 3. The lowest BCUT2D eigenvalue weighted by Crippen LogP contribution is -2.08. The van der Waals surface area contributed by atoms with Gasteiger partial charge >= 0.3 is 5.97 Å². The average molecular weight is 270 g/mol. The molecule has 3 N–H and O–H groups in total. The maximum Gasteiger partial charge on any atom is 0.340 e. The van der Waals surface area contributed by atoms with E-state index in [9.17, 15) is 4.79 Å². The molecule has 0 saturated heterocycles. The first-order valence-corrected chi connectivity index (χ1v) is 6.34. The van der Waals surface area contributed by atoms with Crippen LogP contribution in [-0.4, -0.2) is 13.1 Å². The van der Waals surface area contributed by atoms with Gasteiger partial charge in [0.1, 0.15) is 0 Å². The quantitative estimate of drug-likeness (QED) is 0.662. The molecular weight excluding hydrogens is 252 g/mol. The number of nitrogens with two attached hydrogens (primary N) is 1. The van der Waals surface area contributed by atoms with E-state index in [2.05, 4.69) is 11.4 Å². The molecule has 0 aliphatic rings. The summed E-state index contributed by atoms with van der Waals surface area (Å²) >= 11 is 0. The number of esters is 1. The standard InChI is InChI=1S/C16H18N2O2/c1-10-7-8-11(2)14(9-10)18-13-6-4-5-12(15(13)17)16(19)20-3/h4-9,18H,17H2,1-3H3. The summed E-state index contributed by atoms with van der Waals surface area (Å²) in [6, 6.07) is 11.4. The molecule has 20 heavy (non-hydrogen) atoms. The first-order chi connectivity index (χ1) is 9.52. The van der Waals surface area contributed by atoms with Gasteiger partial charge in [0.05, 0.1) is 24.0 Å². The molecule has 104 valence electrons. The Labute approximate surface area is 118 Å². The number of aryl methyl sites for hydroxylation is 2. The highest BCUT2D eigenvalue weighted by atomic mass is 16.5. The van der Waals surface area contributed by atoms with Crippen LogP contribution in [0.2, 0.25) is 0 Å². The van der Waals surface area contributed by atoms with Gasteiger partial charge in [-0.15, -0.1) is 0 Å². The van der Waals surface area contributed by atoms with Gasteiger partial charge in [0.25, 0.3) is 0 Å². The van der Waals surface area contributed by atoms with Gasteiger partial charge in [0.2, 0.25) is 0 Å². The molecule has 0 aromatic heterocycles. The summed E-state index contributed by atoms with van der Waals surface area (Å²) in [5, 5.41) is 3.27. The fraction of sp³-hybridized carbons (Fsp3) is 0.188. The molecule has 0 radical (unpaired) electrons. The van der Waals surface area contributed by atoms with Crippen molar-refractivity contribution in [3.8, 4) is 0 Å². The predicted octanol–water partition coefficient (Wildman–Crippen LogP) is 3.42. The molecule has 4 heteroatoms. The zero-order valence-corrected chi connectivity index (χ0v) is 11.9. The number of hydrogen-bond acceptors (Lipinski definition) is 4. The third-order valence-corrected chi connectivity index (χ3v) is 3.17. The molecule has 2 aromatic rings. The third-order valence-electron chi connectivity index (χ3n) is 3.17. The van der Waals surface area contributed by atoms with Crippen LogP contribution in [0.1, 0.15) is 21.5 Å². The Morgan fingerprint density at radius 3 is 2.60 bits per heavy atom. The topological polar surface area (TPSA) is 64.3 Å². The molecule has 0 heterocycles. The molecule has 4 nitrogen and oxygen atoms in total. The van der Waals surface area contributed by atoms with Crippen molar-refractivity contribution in [1.29, 1.82) is 0 Å². The Hall–Kier alpha value is -2.49. The minimum Gasteiger partial charge on any atom is -0.465 e. The lowest BCUT2D eigenvalue weighted by Gasteiger charge is -2.14. The van der Waals surface area contributed by atoms with Crippen LogP contribution in [0.15, 0.2) is 36.4 Å². The van der Waals surface area contributed by atoms with E-state index in [0.717, 1.165) is 16.8 Å². The van der Waals surface area contributed by atoms with Gasteiger partial charge in [-0.2, -0.15) is 0 Å². The number of para-hydroxylation sites is 1. The molecule has 0 bridgehead atoms. The van der Waals surface area contributed by atoms with E-state index in [4.69, 9.17) is 10.5 Å². The van der Waals surface area contributed by atoms with E-state index in [1.54, 1.807) is 12.1 Å². The SMILES string of the molecule is COC(=O)c1cccc(Nc2cc(C)ccc2C)c1N. The molecule has 2 rings (SSSR count). The van der Waals surface area contributed by atoms with Crippen LogP contribution < -0.4 is 11.1 Å². The zero-order chi connectivity index (χ0) is 14.7. The summed E-state index contributed by atoms with van der Waals surface area (Å²) in [4.78, 5) is 11.6. The fourth-order valence-corrected chi connectivity index (χ4v) is 1.98. The summed E-state index contributed by atoms with van der Waals surface area (Å²) in [7, 11) is 1.34. The Bertz CT molecular complexity index is 651. The number of benzene rings is 2. The van der Waals surface area contributed by atoms with E-state index < -0.39 is 5.97 Å². The third kappa shape index (κ3) is 2.74. The molecule has 0 fully saturated rings. The van der Waals surface area contributed by atoms with Gasteiger partial charge in [-0.05, 0) is 43.2 Å². The van der Waals surface area contributed by atoms with Crippen LogP contribution in [0.4, 0.5) is 17.1 Å². The lowest BCUT2D eigenvalue weighted by molar-refractivity contribution is 0.0602. The van der Waals surface area contributed by atoms with E-state index >= 15 is 0 Å². The summed E-state index contributed by atoms with van der Waals surface area (Å²) in [6.45, 7) is 4.04. The number of methoxy groups -OCH3 is 1. The van der Waals surface area contributed by atoms with Crippen molar-refractivity contribution < 1.29 is 9.53 Å². The Morgan fingerprint density at radius 1 is 1.15 bits per heavy atom. The minimum absolute atomic E-state index is 0.364. The predicted molar refractivity (Wildman–Crippen MR) is 81.4 cm³/mol. The zero-order valence-electron chi connectivity index (χ0n) is 11.9. The number of hydrogen-bond donors (Lipinski definition) is 2. The highest BCUT2D eigenvalue weighted by molar-refractivity contribution is 5.98. The van der Waals surface area contributed by atoms with Gasteiger partial charge in [0.15, 0.2) is 0 Å². The van der Waals surface area contributed by atoms with Gasteiger partial charge in [-0.3, -0.25) is 0 Å². The van der Waals surface area contributed by atoms with Crippen molar-refractivity contribution in [3.05, 3.63) is 53.1 Å². The molecule has 0 amide bonds. The summed E-state index contributed by atoms with van der Waals surface area (Å²) in [6.07, 6.45) is 0. The lowest BCUT2D eigenvalue weighted by atomic mass is 10.1. The second-order valence-electron chi connectivity index (χ2n) is 4.70. The van der Waals surface area contributed by atoms with E-state index in [0.29, 0.717) is 16.9 Å². The smallest absolute Gasteiger partial charge is 0.340 e. The summed E-state index contributed by atoms with van der Waals surface area (Å²) < 4.78 is 4.72.